The van der Waals surface area contributed by atoms with Gasteiger partial charge in [-0.2, -0.15) is 0 Å². The predicted octanol–water partition coefficient (Wildman–Crippen LogP) is 15.7. The fraction of sp³-hybridized carbons (Fsp3) is 0.179. The Morgan fingerprint density at radius 3 is 1.74 bits per heavy atom. The number of hydrogen-bond donors (Lipinski definition) is 2. The molecule has 1 aliphatic rings. The van der Waals surface area contributed by atoms with E-state index in [1.807, 2.05) is 71.2 Å². The van der Waals surface area contributed by atoms with Crippen molar-refractivity contribution in [2.45, 2.75) is 68.2 Å². The van der Waals surface area contributed by atoms with Gasteiger partial charge in [-0.15, -0.1) is 0 Å². The summed E-state index contributed by atoms with van der Waals surface area (Å²) in [5.41, 5.74) is 22.0. The summed E-state index contributed by atoms with van der Waals surface area (Å²) in [4.78, 5) is 0. The Morgan fingerprint density at radius 2 is 1.16 bits per heavy atom. The van der Waals surface area contributed by atoms with Gasteiger partial charge in [0.15, 0.2) is 0 Å². The van der Waals surface area contributed by atoms with Crippen LogP contribution in [0.15, 0.2) is 194 Å². The number of hydrogen-bond acceptors (Lipinski definition) is 2. The van der Waals surface area contributed by atoms with E-state index in [9.17, 15) is 0 Å². The van der Waals surface area contributed by atoms with Crippen LogP contribution >= 0.6 is 0 Å². The molecule has 0 radical (unpaired) electrons. The fourth-order valence-electron chi connectivity index (χ4n) is 6.03. The second kappa shape index (κ2) is 25.7. The second-order valence-corrected chi connectivity index (χ2v) is 13.6. The van der Waals surface area contributed by atoms with Crippen molar-refractivity contribution < 1.29 is 0 Å². The molecule has 3 N–H and O–H groups in total. The van der Waals surface area contributed by atoms with Gasteiger partial charge in [-0.1, -0.05) is 214 Å². The quantitative estimate of drug-likeness (QED) is 0.104. The Morgan fingerprint density at radius 1 is 0.621 bits per heavy atom. The highest BCUT2D eigenvalue weighted by molar-refractivity contribution is 5.92. The van der Waals surface area contributed by atoms with Crippen LogP contribution in [0.4, 0.5) is 5.69 Å². The molecule has 0 heterocycles. The lowest BCUT2D eigenvalue weighted by Crippen LogP contribution is -2.07. The van der Waals surface area contributed by atoms with Crippen molar-refractivity contribution in [1.29, 1.82) is 0 Å². The van der Waals surface area contributed by atoms with Crippen molar-refractivity contribution in [3.05, 3.63) is 233 Å². The zero-order chi connectivity index (χ0) is 42.1. The number of nitrogens with one attached hydrogen (secondary N) is 1. The third kappa shape index (κ3) is 15.3. The van der Waals surface area contributed by atoms with Crippen molar-refractivity contribution in [2.24, 2.45) is 0 Å². The molecule has 0 atom stereocenters. The molecule has 5 aromatic rings. The molecule has 0 saturated carbocycles. The summed E-state index contributed by atoms with van der Waals surface area (Å²) < 4.78 is 0. The van der Waals surface area contributed by atoms with Crippen LogP contribution in [-0.2, 0) is 0 Å². The summed E-state index contributed by atoms with van der Waals surface area (Å²) in [6.07, 6.45) is 25.5. The van der Waals surface area contributed by atoms with Crippen LogP contribution in [0.2, 0.25) is 0 Å². The van der Waals surface area contributed by atoms with Crippen molar-refractivity contribution in [1.82, 2.24) is 5.32 Å². The second-order valence-electron chi connectivity index (χ2n) is 13.6. The van der Waals surface area contributed by atoms with E-state index in [0.29, 0.717) is 0 Å². The number of nitrogens with two attached hydrogens (primary N) is 1. The Balaban J connectivity index is 0.000000654. The Hall–Kier alpha value is -6.38. The molecule has 2 heteroatoms. The van der Waals surface area contributed by atoms with Gasteiger partial charge < -0.3 is 11.1 Å². The van der Waals surface area contributed by atoms with Gasteiger partial charge in [0, 0.05) is 17.6 Å². The third-order valence-corrected chi connectivity index (χ3v) is 9.15. The van der Waals surface area contributed by atoms with Gasteiger partial charge >= 0.3 is 0 Å². The van der Waals surface area contributed by atoms with E-state index in [0.717, 1.165) is 24.1 Å². The van der Waals surface area contributed by atoms with Gasteiger partial charge in [0.05, 0.1) is 0 Å². The highest BCUT2D eigenvalue weighted by Crippen LogP contribution is 2.36. The number of anilines is 1. The largest absolute Gasteiger partial charge is 0.399 e. The minimum Gasteiger partial charge on any atom is -0.399 e. The normalized spacial score (nSPS) is 12.7. The predicted molar refractivity (Wildman–Crippen MR) is 260 cm³/mol. The van der Waals surface area contributed by atoms with Gasteiger partial charge in [0.1, 0.15) is 0 Å². The summed E-state index contributed by atoms with van der Waals surface area (Å²) in [5.74, 6) is 0. The van der Waals surface area contributed by atoms with E-state index < -0.39 is 0 Å². The van der Waals surface area contributed by atoms with Gasteiger partial charge in [-0.25, -0.2) is 0 Å². The highest BCUT2D eigenvalue weighted by Gasteiger charge is 2.14. The van der Waals surface area contributed by atoms with Crippen LogP contribution in [-0.4, -0.2) is 0 Å². The lowest BCUT2D eigenvalue weighted by atomic mass is 9.87. The minimum atomic E-state index is 0.829. The zero-order valence-corrected chi connectivity index (χ0v) is 36.1. The first-order valence-electron chi connectivity index (χ1n) is 20.6. The summed E-state index contributed by atoms with van der Waals surface area (Å²) in [6, 6.07) is 42.3. The van der Waals surface area contributed by atoms with Crippen LogP contribution in [0.3, 0.4) is 0 Å². The lowest BCUT2D eigenvalue weighted by molar-refractivity contribution is 0.873. The topological polar surface area (TPSA) is 38.0 Å². The Kier molecular flexibility index (Phi) is 20.4. The molecule has 1 aliphatic carbocycles. The molecule has 2 nitrogen and oxygen atoms in total. The molecule has 58 heavy (non-hydrogen) atoms. The van der Waals surface area contributed by atoms with E-state index in [1.54, 1.807) is 0 Å². The SMILES string of the molecule is C=C/C(=C\C=C/c1ccc(C)cc1)c1ccccc1-c1ccccc1C1=CCCC(N/C=C/C=C(C)\C=C/c2ccc(C)cc2)=C1.CC.CC.Cc1ccc(N)cc1. The summed E-state index contributed by atoms with van der Waals surface area (Å²) >= 11 is 0. The number of allylic oxidation sites excluding steroid dienone is 12. The lowest BCUT2D eigenvalue weighted by Gasteiger charge is -2.19. The molecule has 0 unspecified atom stereocenters. The molecule has 0 aromatic heterocycles. The first-order valence-corrected chi connectivity index (χ1v) is 20.6. The van der Waals surface area contributed by atoms with Gasteiger partial charge in [0.2, 0.25) is 0 Å². The molecule has 0 spiro atoms. The standard InChI is InChI=1S/C45H43N.C7H9N.2C2H6/c1-5-39(15-10-14-37-27-23-35(3)24-28-37)42-18-6-8-20-44(42)45-21-9-7-19-43(45)40-16-11-17-41(33-40)46-32-12-13-34(2)22-29-38-30-25-36(4)26-31-38;1-6-2-4-7(8)5-3-6;2*1-2/h5-10,12-16,18-33,46H,1,11,17H2,2-4H3;2-5H,8H2,1H3;2*1-2H3/b14-10-,29-22-,32-12+,34-13-,39-15+;;;. The highest BCUT2D eigenvalue weighted by atomic mass is 14.8. The maximum atomic E-state index is 5.43. The minimum absolute atomic E-state index is 0.829. The molecule has 298 valence electrons. The van der Waals surface area contributed by atoms with Crippen LogP contribution in [0.1, 0.15) is 86.4 Å². The van der Waals surface area contributed by atoms with E-state index >= 15 is 0 Å². The van der Waals surface area contributed by atoms with E-state index in [2.05, 4.69) is 184 Å². The van der Waals surface area contributed by atoms with Gasteiger partial charge in [0.25, 0.3) is 0 Å². The fourth-order valence-corrected chi connectivity index (χ4v) is 6.03. The molecule has 5 aromatic carbocycles. The van der Waals surface area contributed by atoms with Gasteiger partial charge in [-0.05, 0) is 109 Å². The number of rotatable bonds is 11. The van der Waals surface area contributed by atoms with Crippen molar-refractivity contribution >= 4 is 29.0 Å². The van der Waals surface area contributed by atoms with Crippen LogP contribution < -0.4 is 11.1 Å². The average Bonchev–Trinajstić information content (AvgIpc) is 3.27. The van der Waals surface area contributed by atoms with Crippen LogP contribution in [0, 0.1) is 20.8 Å². The number of benzene rings is 5. The summed E-state index contributed by atoms with van der Waals surface area (Å²) in [5, 5.41) is 3.54. The number of aryl methyl sites for hydroxylation is 3. The van der Waals surface area contributed by atoms with E-state index in [-0.39, 0.29) is 0 Å². The van der Waals surface area contributed by atoms with Crippen molar-refractivity contribution in [2.75, 3.05) is 5.73 Å². The van der Waals surface area contributed by atoms with Crippen LogP contribution in [0.5, 0.6) is 0 Å². The smallest absolute Gasteiger partial charge is 0.0314 e. The summed E-state index contributed by atoms with van der Waals surface area (Å²) in [6.45, 7) is 20.5. The average molecular weight is 765 g/mol. The van der Waals surface area contributed by atoms with Crippen molar-refractivity contribution in [3.8, 4) is 11.1 Å². The van der Waals surface area contributed by atoms with Gasteiger partial charge in [-0.3, -0.25) is 0 Å². The molecule has 0 fully saturated rings. The Labute approximate surface area is 351 Å². The van der Waals surface area contributed by atoms with E-state index in [4.69, 9.17) is 5.73 Å². The van der Waals surface area contributed by atoms with E-state index in [1.165, 1.54) is 66.9 Å². The van der Waals surface area contributed by atoms with Crippen molar-refractivity contribution in [3.63, 3.8) is 0 Å². The maximum absolute atomic E-state index is 5.43. The Bertz CT molecular complexity index is 2190. The van der Waals surface area contributed by atoms with Crippen LogP contribution in [0.25, 0.3) is 34.4 Å². The molecular formula is C56H64N2. The molecular weight excluding hydrogens is 701 g/mol. The maximum Gasteiger partial charge on any atom is 0.0314 e. The molecule has 0 saturated heterocycles. The molecule has 0 bridgehead atoms. The molecule has 0 amide bonds. The first kappa shape index (κ1) is 46.0. The first-order chi connectivity index (χ1) is 28.3. The zero-order valence-electron chi connectivity index (χ0n) is 36.1. The number of nitrogen functional groups attached to an aromatic ring is 1. The molecule has 0 aliphatic heterocycles. The summed E-state index contributed by atoms with van der Waals surface area (Å²) in [7, 11) is 0. The third-order valence-electron chi connectivity index (χ3n) is 9.15. The monoisotopic (exact) mass is 765 g/mol. The molecule has 6 rings (SSSR count).